The van der Waals surface area contributed by atoms with E-state index in [1.807, 2.05) is 18.2 Å². The average molecular weight is 384 g/mol. The van der Waals surface area contributed by atoms with E-state index in [4.69, 9.17) is 11.6 Å². The molecule has 0 spiro atoms. The summed E-state index contributed by atoms with van der Waals surface area (Å²) in [6.07, 6.45) is -0.769. The molecular weight excluding hydrogens is 363 g/mol. The highest BCUT2D eigenvalue weighted by Gasteiger charge is 2.31. The second-order valence-electron chi connectivity index (χ2n) is 6.55. The lowest BCUT2D eigenvalue weighted by Crippen LogP contribution is -2.40. The highest BCUT2D eigenvalue weighted by molar-refractivity contribution is 6.33. The smallest absolute Gasteiger partial charge is 0.366 e. The minimum absolute atomic E-state index is 0.00586. The number of alkyl halides is 3. The molecule has 0 saturated carbocycles. The van der Waals surface area contributed by atoms with Crippen molar-refractivity contribution in [2.75, 3.05) is 25.0 Å². The van der Waals surface area contributed by atoms with Crippen molar-refractivity contribution >= 4 is 17.4 Å². The number of anilines is 1. The second-order valence-corrected chi connectivity index (χ2v) is 6.96. The van der Waals surface area contributed by atoms with Crippen LogP contribution in [0.3, 0.4) is 0 Å². The topological polar surface area (TPSA) is 28.2 Å². The van der Waals surface area contributed by atoms with Crippen molar-refractivity contribution in [1.29, 1.82) is 0 Å². The molecule has 1 aliphatic heterocycles. The Kier molecular flexibility index (Phi) is 6.04. The van der Waals surface area contributed by atoms with Crippen molar-refractivity contribution in [3.8, 4) is 0 Å². The Labute approximate surface area is 156 Å². The number of aromatic nitrogens is 1. The van der Waals surface area contributed by atoms with E-state index < -0.39 is 11.7 Å². The molecule has 0 unspecified atom stereocenters. The number of halogens is 4. The van der Waals surface area contributed by atoms with Gasteiger partial charge in [-0.15, -0.1) is 0 Å². The Balaban J connectivity index is 1.48. The largest absolute Gasteiger partial charge is 0.417 e. The average Bonchev–Trinajstić information content (AvgIpc) is 2.63. The predicted octanol–water partition coefficient (Wildman–Crippen LogP) is 4.87. The Hall–Kier alpha value is -1.79. The van der Waals surface area contributed by atoms with Crippen LogP contribution in [0.1, 0.15) is 24.0 Å². The van der Waals surface area contributed by atoms with Gasteiger partial charge in [0.15, 0.2) is 0 Å². The number of piperidine rings is 1. The van der Waals surface area contributed by atoms with Gasteiger partial charge in [-0.1, -0.05) is 41.9 Å². The molecule has 1 N–H and O–H groups in total. The van der Waals surface area contributed by atoms with E-state index in [1.54, 1.807) is 0 Å². The molecule has 0 amide bonds. The van der Waals surface area contributed by atoms with Gasteiger partial charge in [0, 0.05) is 31.9 Å². The molecule has 0 atom stereocenters. The lowest BCUT2D eigenvalue weighted by Gasteiger charge is -2.32. The molecule has 1 fully saturated rings. The molecule has 3 nitrogen and oxygen atoms in total. The Morgan fingerprint density at radius 2 is 1.85 bits per heavy atom. The summed E-state index contributed by atoms with van der Waals surface area (Å²) in [4.78, 5) is 6.27. The van der Waals surface area contributed by atoms with E-state index in [-0.39, 0.29) is 11.1 Å². The van der Waals surface area contributed by atoms with Crippen LogP contribution in [0.15, 0.2) is 42.6 Å². The van der Waals surface area contributed by atoms with Gasteiger partial charge in [-0.3, -0.25) is 0 Å². The van der Waals surface area contributed by atoms with Gasteiger partial charge in [0.2, 0.25) is 0 Å². The van der Waals surface area contributed by atoms with Crippen molar-refractivity contribution < 1.29 is 13.2 Å². The van der Waals surface area contributed by atoms with Crippen LogP contribution in [0.25, 0.3) is 0 Å². The fraction of sp³-hybridized carbons (Fsp3) is 0.421. The molecule has 2 aromatic rings. The fourth-order valence-corrected chi connectivity index (χ4v) is 3.35. The van der Waals surface area contributed by atoms with Gasteiger partial charge in [-0.2, -0.15) is 13.2 Å². The third-order valence-electron chi connectivity index (χ3n) is 4.66. The number of hydrogen-bond donors (Lipinski definition) is 1. The van der Waals surface area contributed by atoms with E-state index in [2.05, 4.69) is 27.3 Å². The summed E-state index contributed by atoms with van der Waals surface area (Å²) in [5, 5.41) is 3.19. The number of hydrogen-bond acceptors (Lipinski definition) is 3. The minimum atomic E-state index is -4.43. The van der Waals surface area contributed by atoms with Crippen LogP contribution in [0.4, 0.5) is 19.0 Å². The molecule has 1 aromatic heterocycles. The van der Waals surface area contributed by atoms with Gasteiger partial charge in [0.1, 0.15) is 5.82 Å². The zero-order chi connectivity index (χ0) is 18.6. The molecule has 1 aliphatic rings. The molecule has 1 saturated heterocycles. The summed E-state index contributed by atoms with van der Waals surface area (Å²) in [7, 11) is 0. The van der Waals surface area contributed by atoms with Gasteiger partial charge in [-0.25, -0.2) is 4.98 Å². The van der Waals surface area contributed by atoms with Crippen molar-refractivity contribution in [3.63, 3.8) is 0 Å². The molecule has 1 aromatic carbocycles. The molecule has 2 heterocycles. The Bertz CT molecular complexity index is 714. The lowest BCUT2D eigenvalue weighted by molar-refractivity contribution is -0.137. The number of benzene rings is 1. The maximum absolute atomic E-state index is 12.7. The van der Waals surface area contributed by atoms with Crippen LogP contribution in [0.2, 0.25) is 5.02 Å². The molecule has 0 bridgehead atoms. The molecular formula is C19H21ClF3N3. The van der Waals surface area contributed by atoms with Gasteiger partial charge >= 0.3 is 6.18 Å². The Morgan fingerprint density at radius 1 is 1.15 bits per heavy atom. The molecule has 0 radical (unpaired) electrons. The lowest BCUT2D eigenvalue weighted by atomic mass is 10.0. The second kappa shape index (κ2) is 8.27. The zero-order valence-corrected chi connectivity index (χ0v) is 15.0. The SMILES string of the molecule is FC(F)(F)c1cnc(NC2CCN(CCc3ccccc3)CC2)c(Cl)c1. The van der Waals surface area contributed by atoms with Crippen LogP contribution < -0.4 is 5.32 Å². The van der Waals surface area contributed by atoms with E-state index in [1.165, 1.54) is 5.56 Å². The van der Waals surface area contributed by atoms with Gasteiger partial charge in [-0.05, 0) is 30.9 Å². The van der Waals surface area contributed by atoms with E-state index >= 15 is 0 Å². The monoisotopic (exact) mass is 383 g/mol. The van der Waals surface area contributed by atoms with Gasteiger partial charge in [0.05, 0.1) is 10.6 Å². The van der Waals surface area contributed by atoms with Crippen LogP contribution in [0.5, 0.6) is 0 Å². The van der Waals surface area contributed by atoms with Crippen molar-refractivity contribution in [3.05, 3.63) is 58.7 Å². The number of likely N-dealkylation sites (tertiary alicyclic amines) is 1. The highest BCUT2D eigenvalue weighted by Crippen LogP contribution is 2.32. The van der Waals surface area contributed by atoms with E-state index in [0.29, 0.717) is 5.82 Å². The van der Waals surface area contributed by atoms with Crippen molar-refractivity contribution in [2.45, 2.75) is 31.5 Å². The van der Waals surface area contributed by atoms with Gasteiger partial charge in [0.25, 0.3) is 0 Å². The fourth-order valence-electron chi connectivity index (χ4n) is 3.13. The summed E-state index contributed by atoms with van der Waals surface area (Å²) < 4.78 is 38.0. The Morgan fingerprint density at radius 3 is 2.46 bits per heavy atom. The summed E-state index contributed by atoms with van der Waals surface area (Å²) in [5.74, 6) is 0.322. The molecule has 0 aliphatic carbocycles. The molecule has 3 rings (SSSR count). The van der Waals surface area contributed by atoms with Crippen LogP contribution >= 0.6 is 11.6 Å². The minimum Gasteiger partial charge on any atom is -0.366 e. The van der Waals surface area contributed by atoms with Gasteiger partial charge < -0.3 is 10.2 Å². The summed E-state index contributed by atoms with van der Waals surface area (Å²) >= 11 is 5.97. The quantitative estimate of drug-likeness (QED) is 0.798. The zero-order valence-electron chi connectivity index (χ0n) is 14.3. The van der Waals surface area contributed by atoms with Crippen molar-refractivity contribution in [2.24, 2.45) is 0 Å². The first-order valence-electron chi connectivity index (χ1n) is 8.67. The number of pyridine rings is 1. The first-order chi connectivity index (χ1) is 12.4. The summed E-state index contributed by atoms with van der Waals surface area (Å²) in [6.45, 7) is 2.90. The maximum atomic E-state index is 12.7. The maximum Gasteiger partial charge on any atom is 0.417 e. The summed E-state index contributed by atoms with van der Waals surface area (Å²) in [6, 6.07) is 11.5. The number of nitrogens with one attached hydrogen (secondary N) is 1. The molecule has 7 heteroatoms. The number of nitrogens with zero attached hydrogens (tertiary/aromatic N) is 2. The standard InChI is InChI=1S/C19H21ClF3N3/c20-17-12-15(19(21,22)23)13-24-18(17)25-16-7-10-26(11-8-16)9-6-14-4-2-1-3-5-14/h1-5,12-13,16H,6-11H2,(H,24,25). The highest BCUT2D eigenvalue weighted by atomic mass is 35.5. The summed E-state index contributed by atoms with van der Waals surface area (Å²) in [5.41, 5.74) is 0.497. The van der Waals surface area contributed by atoms with Crippen LogP contribution in [-0.2, 0) is 12.6 Å². The van der Waals surface area contributed by atoms with E-state index in [9.17, 15) is 13.2 Å². The van der Waals surface area contributed by atoms with E-state index in [0.717, 1.165) is 51.2 Å². The normalized spacial score (nSPS) is 16.6. The van der Waals surface area contributed by atoms with Crippen LogP contribution in [0, 0.1) is 0 Å². The first-order valence-corrected chi connectivity index (χ1v) is 9.05. The van der Waals surface area contributed by atoms with Crippen molar-refractivity contribution in [1.82, 2.24) is 9.88 Å². The first kappa shape index (κ1) is 19.0. The predicted molar refractivity (Wildman–Crippen MR) is 97.5 cm³/mol. The molecule has 26 heavy (non-hydrogen) atoms. The number of rotatable bonds is 5. The third kappa shape index (κ3) is 5.11. The van der Waals surface area contributed by atoms with Crippen LogP contribution in [-0.4, -0.2) is 35.6 Å². The third-order valence-corrected chi connectivity index (χ3v) is 4.94. The molecule has 140 valence electrons.